The Labute approximate surface area is 113 Å². The second-order valence-electron chi connectivity index (χ2n) is 4.91. The fourth-order valence-corrected chi connectivity index (χ4v) is 2.69. The fraction of sp³-hybridized carbons (Fsp3) is 0.533. The molecule has 0 heterocycles. The summed E-state index contributed by atoms with van der Waals surface area (Å²) in [6, 6.07) is 6.27. The Balaban J connectivity index is 2.29. The van der Waals surface area contributed by atoms with Crippen LogP contribution in [0.5, 0.6) is 5.75 Å². The maximum Gasteiger partial charge on any atom is 0.344 e. The summed E-state index contributed by atoms with van der Waals surface area (Å²) in [5.41, 5.74) is 2.40. The SMILES string of the molecule is CCC(Oc1cccc2c1CCCC2NC)C(=O)O. The van der Waals surface area contributed by atoms with E-state index in [2.05, 4.69) is 11.4 Å². The van der Waals surface area contributed by atoms with Gasteiger partial charge in [0.05, 0.1) is 0 Å². The molecule has 1 aliphatic rings. The van der Waals surface area contributed by atoms with Gasteiger partial charge in [0.25, 0.3) is 0 Å². The first kappa shape index (κ1) is 13.9. The summed E-state index contributed by atoms with van der Waals surface area (Å²) in [4.78, 5) is 11.1. The molecule has 1 aromatic rings. The summed E-state index contributed by atoms with van der Waals surface area (Å²) in [5.74, 6) is -0.173. The molecule has 1 aliphatic carbocycles. The van der Waals surface area contributed by atoms with Crippen LogP contribution in [-0.4, -0.2) is 24.2 Å². The van der Waals surface area contributed by atoms with E-state index in [1.54, 1.807) is 0 Å². The van der Waals surface area contributed by atoms with Gasteiger partial charge in [0.2, 0.25) is 0 Å². The van der Waals surface area contributed by atoms with Crippen LogP contribution in [-0.2, 0) is 11.2 Å². The van der Waals surface area contributed by atoms with E-state index in [0.717, 1.165) is 30.6 Å². The Hall–Kier alpha value is -1.55. The highest BCUT2D eigenvalue weighted by Crippen LogP contribution is 2.35. The summed E-state index contributed by atoms with van der Waals surface area (Å²) >= 11 is 0. The zero-order chi connectivity index (χ0) is 13.8. The number of hydrogen-bond donors (Lipinski definition) is 2. The first-order valence-corrected chi connectivity index (χ1v) is 6.85. The van der Waals surface area contributed by atoms with Crippen LogP contribution in [0.2, 0.25) is 0 Å². The van der Waals surface area contributed by atoms with Crippen molar-refractivity contribution in [2.24, 2.45) is 0 Å². The van der Waals surface area contributed by atoms with Crippen LogP contribution in [0.25, 0.3) is 0 Å². The number of rotatable bonds is 5. The Morgan fingerprint density at radius 2 is 2.37 bits per heavy atom. The van der Waals surface area contributed by atoms with Gasteiger partial charge in [-0.1, -0.05) is 19.1 Å². The van der Waals surface area contributed by atoms with Crippen molar-refractivity contribution in [1.82, 2.24) is 5.32 Å². The lowest BCUT2D eigenvalue weighted by Crippen LogP contribution is -2.27. The maximum absolute atomic E-state index is 11.1. The molecule has 4 heteroatoms. The van der Waals surface area contributed by atoms with Gasteiger partial charge in [-0.05, 0) is 49.9 Å². The smallest absolute Gasteiger partial charge is 0.344 e. The number of carbonyl (C=O) groups is 1. The monoisotopic (exact) mass is 263 g/mol. The molecule has 2 unspecified atom stereocenters. The number of carboxylic acids is 1. The predicted molar refractivity (Wildman–Crippen MR) is 73.5 cm³/mol. The molecule has 0 fully saturated rings. The summed E-state index contributed by atoms with van der Waals surface area (Å²) in [5, 5.41) is 12.4. The van der Waals surface area contributed by atoms with Crippen LogP contribution in [0.3, 0.4) is 0 Å². The van der Waals surface area contributed by atoms with Gasteiger partial charge in [-0.15, -0.1) is 0 Å². The largest absolute Gasteiger partial charge is 0.479 e. The molecule has 1 aromatic carbocycles. The Bertz CT molecular complexity index is 459. The third-order valence-electron chi connectivity index (χ3n) is 3.73. The zero-order valence-electron chi connectivity index (χ0n) is 11.5. The molecule has 0 radical (unpaired) electrons. The molecule has 19 heavy (non-hydrogen) atoms. The normalized spacial score (nSPS) is 19.6. The Kier molecular flexibility index (Phi) is 4.43. The van der Waals surface area contributed by atoms with Gasteiger partial charge in [-0.25, -0.2) is 4.79 Å². The number of ether oxygens (including phenoxy) is 1. The number of aliphatic carboxylic acids is 1. The van der Waals surface area contributed by atoms with Crippen molar-refractivity contribution in [2.45, 2.75) is 44.8 Å². The topological polar surface area (TPSA) is 58.6 Å². The van der Waals surface area contributed by atoms with E-state index in [-0.39, 0.29) is 0 Å². The van der Waals surface area contributed by atoms with Crippen molar-refractivity contribution in [3.05, 3.63) is 29.3 Å². The second-order valence-corrected chi connectivity index (χ2v) is 4.91. The van der Waals surface area contributed by atoms with E-state index in [9.17, 15) is 4.79 Å². The van der Waals surface area contributed by atoms with Crippen molar-refractivity contribution >= 4 is 5.97 Å². The molecule has 0 saturated heterocycles. The second kappa shape index (κ2) is 6.06. The third kappa shape index (κ3) is 2.89. The standard InChI is InChI=1S/C15H21NO3/c1-3-13(15(17)18)19-14-9-5-6-10-11(14)7-4-8-12(10)16-2/h5-6,9,12-13,16H,3-4,7-8H2,1-2H3,(H,17,18). The highest BCUT2D eigenvalue weighted by Gasteiger charge is 2.24. The van der Waals surface area contributed by atoms with Crippen LogP contribution < -0.4 is 10.1 Å². The lowest BCUT2D eigenvalue weighted by atomic mass is 9.87. The average molecular weight is 263 g/mol. The average Bonchev–Trinajstić information content (AvgIpc) is 2.43. The van der Waals surface area contributed by atoms with Crippen LogP contribution in [0.1, 0.15) is 43.4 Å². The highest BCUT2D eigenvalue weighted by molar-refractivity contribution is 5.72. The minimum Gasteiger partial charge on any atom is -0.479 e. The van der Waals surface area contributed by atoms with Crippen molar-refractivity contribution in [2.75, 3.05) is 7.05 Å². The minimum absolute atomic E-state index is 0.345. The maximum atomic E-state index is 11.1. The minimum atomic E-state index is -0.902. The first-order valence-electron chi connectivity index (χ1n) is 6.85. The number of hydrogen-bond acceptors (Lipinski definition) is 3. The molecule has 0 aromatic heterocycles. The molecular formula is C15H21NO3. The van der Waals surface area contributed by atoms with Crippen molar-refractivity contribution in [3.8, 4) is 5.75 Å². The highest BCUT2D eigenvalue weighted by atomic mass is 16.5. The third-order valence-corrected chi connectivity index (χ3v) is 3.73. The lowest BCUT2D eigenvalue weighted by Gasteiger charge is -2.27. The van der Waals surface area contributed by atoms with Crippen LogP contribution >= 0.6 is 0 Å². The van der Waals surface area contributed by atoms with Gasteiger partial charge >= 0.3 is 5.97 Å². The Morgan fingerprint density at radius 3 is 3.00 bits per heavy atom. The van der Waals surface area contributed by atoms with Gasteiger partial charge in [0, 0.05) is 6.04 Å². The first-order chi connectivity index (χ1) is 9.17. The van der Waals surface area contributed by atoms with E-state index >= 15 is 0 Å². The van der Waals surface area contributed by atoms with E-state index in [4.69, 9.17) is 9.84 Å². The van der Waals surface area contributed by atoms with Gasteiger partial charge in [-0.2, -0.15) is 0 Å². The van der Waals surface area contributed by atoms with Crippen LogP contribution in [0.15, 0.2) is 18.2 Å². The zero-order valence-corrected chi connectivity index (χ0v) is 11.5. The molecular weight excluding hydrogens is 242 g/mol. The number of nitrogens with one attached hydrogen (secondary N) is 1. The summed E-state index contributed by atoms with van der Waals surface area (Å²) in [6.45, 7) is 1.82. The van der Waals surface area contributed by atoms with E-state index in [1.807, 2.05) is 26.1 Å². The lowest BCUT2D eigenvalue weighted by molar-refractivity contribution is -0.145. The number of fused-ring (bicyclic) bond motifs is 1. The van der Waals surface area contributed by atoms with E-state index < -0.39 is 12.1 Å². The number of carboxylic acid groups (broad SMARTS) is 1. The van der Waals surface area contributed by atoms with Crippen molar-refractivity contribution in [1.29, 1.82) is 0 Å². The number of benzene rings is 1. The van der Waals surface area contributed by atoms with Crippen LogP contribution in [0, 0.1) is 0 Å². The van der Waals surface area contributed by atoms with Crippen molar-refractivity contribution in [3.63, 3.8) is 0 Å². The summed E-state index contributed by atoms with van der Waals surface area (Å²) < 4.78 is 5.69. The van der Waals surface area contributed by atoms with Crippen molar-refractivity contribution < 1.29 is 14.6 Å². The molecule has 0 aliphatic heterocycles. The summed E-state index contributed by atoms with van der Waals surface area (Å²) in [7, 11) is 1.96. The van der Waals surface area contributed by atoms with Gasteiger partial charge < -0.3 is 15.2 Å². The van der Waals surface area contributed by atoms with Gasteiger partial charge in [0.1, 0.15) is 5.75 Å². The molecule has 104 valence electrons. The van der Waals surface area contributed by atoms with E-state index in [0.29, 0.717) is 12.5 Å². The molecule has 0 bridgehead atoms. The quantitative estimate of drug-likeness (QED) is 0.857. The molecule has 0 saturated carbocycles. The molecule has 2 rings (SSSR count). The van der Waals surface area contributed by atoms with Gasteiger partial charge in [-0.3, -0.25) is 0 Å². The molecule has 4 nitrogen and oxygen atoms in total. The van der Waals surface area contributed by atoms with Crippen LogP contribution in [0.4, 0.5) is 0 Å². The summed E-state index contributed by atoms with van der Waals surface area (Å²) in [6.07, 6.45) is 2.88. The van der Waals surface area contributed by atoms with E-state index in [1.165, 1.54) is 5.56 Å². The fourth-order valence-electron chi connectivity index (χ4n) is 2.69. The molecule has 2 atom stereocenters. The molecule has 0 spiro atoms. The Morgan fingerprint density at radius 1 is 1.58 bits per heavy atom. The predicted octanol–water partition coefficient (Wildman–Crippen LogP) is 2.53. The van der Waals surface area contributed by atoms with Gasteiger partial charge in [0.15, 0.2) is 6.10 Å². The molecule has 2 N–H and O–H groups in total. The molecule has 0 amide bonds.